The smallest absolute Gasteiger partial charge is 0.317 e. The van der Waals surface area contributed by atoms with Gasteiger partial charge in [0.2, 0.25) is 5.91 Å². The quantitative estimate of drug-likeness (QED) is 0.765. The van der Waals surface area contributed by atoms with Crippen LogP contribution in [0.15, 0.2) is 48.5 Å². The number of benzene rings is 2. The van der Waals surface area contributed by atoms with Crippen LogP contribution >= 0.6 is 0 Å². The predicted octanol–water partition coefficient (Wildman–Crippen LogP) is 3.63. The first kappa shape index (κ1) is 21.7. The van der Waals surface area contributed by atoms with E-state index in [0.29, 0.717) is 26.2 Å². The average Bonchev–Trinajstić information content (AvgIpc) is 2.76. The third-order valence-electron chi connectivity index (χ3n) is 5.81. The van der Waals surface area contributed by atoms with Gasteiger partial charge in [0.15, 0.2) is 0 Å². The molecule has 1 aliphatic heterocycles. The van der Waals surface area contributed by atoms with E-state index in [4.69, 9.17) is 4.74 Å². The fourth-order valence-electron chi connectivity index (χ4n) is 3.87. The summed E-state index contributed by atoms with van der Waals surface area (Å²) in [5.74, 6) is 0.758. The number of hydrogen-bond donors (Lipinski definition) is 2. The van der Waals surface area contributed by atoms with Crippen molar-refractivity contribution in [3.63, 3.8) is 0 Å². The van der Waals surface area contributed by atoms with E-state index in [9.17, 15) is 9.59 Å². The predicted molar refractivity (Wildman–Crippen MR) is 117 cm³/mol. The van der Waals surface area contributed by atoms with Crippen LogP contribution in [0.1, 0.15) is 36.5 Å². The molecule has 0 aromatic heterocycles. The Labute approximate surface area is 178 Å². The minimum atomic E-state index is -0.589. The Balaban J connectivity index is 1.55. The van der Waals surface area contributed by atoms with Crippen LogP contribution in [0, 0.1) is 12.3 Å². The lowest BCUT2D eigenvalue weighted by Crippen LogP contribution is -2.53. The molecule has 0 aliphatic carbocycles. The Morgan fingerprint density at radius 1 is 1.10 bits per heavy atom. The highest BCUT2D eigenvalue weighted by atomic mass is 16.5. The fraction of sp³-hybridized carbons (Fsp3) is 0.417. The van der Waals surface area contributed by atoms with Crippen LogP contribution < -0.4 is 15.4 Å². The third kappa shape index (κ3) is 5.32. The van der Waals surface area contributed by atoms with Crippen molar-refractivity contribution in [3.8, 4) is 5.75 Å². The summed E-state index contributed by atoms with van der Waals surface area (Å²) < 4.78 is 5.23. The molecule has 2 N–H and O–H groups in total. The van der Waals surface area contributed by atoms with Gasteiger partial charge in [0.1, 0.15) is 5.75 Å². The van der Waals surface area contributed by atoms with E-state index in [1.165, 1.54) is 0 Å². The number of aryl methyl sites for hydroxylation is 1. The molecule has 6 heteroatoms. The summed E-state index contributed by atoms with van der Waals surface area (Å²) in [6, 6.07) is 15.5. The first-order valence-electron chi connectivity index (χ1n) is 10.4. The molecule has 3 rings (SSSR count). The normalized spacial score (nSPS) is 18.6. The van der Waals surface area contributed by atoms with Crippen molar-refractivity contribution in [1.82, 2.24) is 15.5 Å². The summed E-state index contributed by atoms with van der Waals surface area (Å²) in [6.07, 6.45) is 1.58. The molecule has 6 nitrogen and oxygen atoms in total. The number of piperidine rings is 1. The summed E-state index contributed by atoms with van der Waals surface area (Å²) in [4.78, 5) is 27.4. The van der Waals surface area contributed by atoms with Gasteiger partial charge < -0.3 is 20.3 Å². The van der Waals surface area contributed by atoms with Gasteiger partial charge in [0, 0.05) is 26.2 Å². The molecule has 160 valence electrons. The van der Waals surface area contributed by atoms with Crippen molar-refractivity contribution in [2.24, 2.45) is 5.41 Å². The SMILES string of the molecule is COc1cccc(CNC(=O)N2CCC[C@](C)(C(=O)NCc3ccccc3C)C2)c1. The Kier molecular flexibility index (Phi) is 6.98. The van der Waals surface area contributed by atoms with Crippen LogP contribution in [0.25, 0.3) is 0 Å². The minimum Gasteiger partial charge on any atom is -0.497 e. The Hall–Kier alpha value is -3.02. The molecule has 1 saturated heterocycles. The largest absolute Gasteiger partial charge is 0.497 e. The molecule has 3 amide bonds. The van der Waals surface area contributed by atoms with E-state index >= 15 is 0 Å². The maximum Gasteiger partial charge on any atom is 0.317 e. The molecule has 1 aliphatic rings. The van der Waals surface area contributed by atoms with E-state index in [1.807, 2.05) is 62.4 Å². The van der Waals surface area contributed by atoms with Gasteiger partial charge in [-0.05, 0) is 55.5 Å². The van der Waals surface area contributed by atoms with Crippen molar-refractivity contribution in [2.75, 3.05) is 20.2 Å². The van der Waals surface area contributed by atoms with E-state index in [0.717, 1.165) is 35.3 Å². The molecular formula is C24H31N3O3. The fourth-order valence-corrected chi connectivity index (χ4v) is 3.87. The Morgan fingerprint density at radius 3 is 2.67 bits per heavy atom. The molecule has 0 radical (unpaired) electrons. The van der Waals surface area contributed by atoms with Crippen LogP contribution in [0.4, 0.5) is 4.79 Å². The molecule has 30 heavy (non-hydrogen) atoms. The van der Waals surface area contributed by atoms with Gasteiger partial charge >= 0.3 is 6.03 Å². The molecule has 0 unspecified atom stereocenters. The molecule has 0 spiro atoms. The second-order valence-electron chi connectivity index (χ2n) is 8.21. The first-order chi connectivity index (χ1) is 14.4. The standard InChI is InChI=1S/C24H31N3O3/c1-18-8-4-5-10-20(18)16-25-22(28)24(2)12-7-13-27(17-24)23(29)26-15-19-9-6-11-21(14-19)30-3/h4-6,8-11,14H,7,12-13,15-17H2,1-3H3,(H,25,28)(H,26,29)/t24-/m0/s1. The molecule has 1 atom stereocenters. The maximum atomic E-state index is 12.9. The van der Waals surface area contributed by atoms with Gasteiger partial charge in [0.05, 0.1) is 12.5 Å². The first-order valence-corrected chi connectivity index (χ1v) is 10.4. The van der Waals surface area contributed by atoms with Crippen molar-refractivity contribution in [1.29, 1.82) is 0 Å². The van der Waals surface area contributed by atoms with Gasteiger partial charge in [-0.15, -0.1) is 0 Å². The van der Waals surface area contributed by atoms with Crippen LogP contribution in [-0.2, 0) is 17.9 Å². The number of hydrogen-bond acceptors (Lipinski definition) is 3. The number of carbonyl (C=O) groups excluding carboxylic acids is 2. The third-order valence-corrected chi connectivity index (χ3v) is 5.81. The molecule has 2 aromatic rings. The monoisotopic (exact) mass is 409 g/mol. The summed E-state index contributed by atoms with van der Waals surface area (Å²) in [5, 5.41) is 6.03. The van der Waals surface area contributed by atoms with Gasteiger partial charge in [0.25, 0.3) is 0 Å². The number of amides is 3. The number of urea groups is 1. The minimum absolute atomic E-state index is 0.00366. The van der Waals surface area contributed by atoms with E-state index in [2.05, 4.69) is 10.6 Å². The molecular weight excluding hydrogens is 378 g/mol. The van der Waals surface area contributed by atoms with Crippen molar-refractivity contribution in [3.05, 3.63) is 65.2 Å². The summed E-state index contributed by atoms with van der Waals surface area (Å²) >= 11 is 0. The lowest BCUT2D eigenvalue weighted by molar-refractivity contribution is -0.132. The number of methoxy groups -OCH3 is 1. The van der Waals surface area contributed by atoms with E-state index in [-0.39, 0.29) is 11.9 Å². The van der Waals surface area contributed by atoms with Crippen LogP contribution in [0.3, 0.4) is 0 Å². The number of nitrogens with one attached hydrogen (secondary N) is 2. The second-order valence-corrected chi connectivity index (χ2v) is 8.21. The molecule has 2 aromatic carbocycles. The summed E-state index contributed by atoms with van der Waals surface area (Å²) in [6.45, 7) is 5.98. The summed E-state index contributed by atoms with van der Waals surface area (Å²) in [7, 11) is 1.62. The van der Waals surface area contributed by atoms with Crippen LogP contribution in [-0.4, -0.2) is 37.0 Å². The number of carbonyl (C=O) groups is 2. The van der Waals surface area contributed by atoms with Crippen molar-refractivity contribution in [2.45, 2.75) is 39.8 Å². The van der Waals surface area contributed by atoms with Gasteiger partial charge in [-0.1, -0.05) is 36.4 Å². The second kappa shape index (κ2) is 9.65. The highest BCUT2D eigenvalue weighted by Crippen LogP contribution is 2.30. The van der Waals surface area contributed by atoms with Gasteiger partial charge in [-0.25, -0.2) is 4.79 Å². The average molecular weight is 410 g/mol. The molecule has 1 fully saturated rings. The molecule has 0 saturated carbocycles. The zero-order chi connectivity index (χ0) is 21.6. The zero-order valence-corrected chi connectivity index (χ0v) is 18.0. The van der Waals surface area contributed by atoms with Crippen LogP contribution in [0.5, 0.6) is 5.75 Å². The number of likely N-dealkylation sites (tertiary alicyclic amines) is 1. The van der Waals surface area contributed by atoms with E-state index < -0.39 is 5.41 Å². The van der Waals surface area contributed by atoms with E-state index in [1.54, 1.807) is 12.0 Å². The highest BCUT2D eigenvalue weighted by molar-refractivity contribution is 5.84. The number of nitrogens with zero attached hydrogens (tertiary/aromatic N) is 1. The summed E-state index contributed by atoms with van der Waals surface area (Å²) in [5.41, 5.74) is 2.65. The lowest BCUT2D eigenvalue weighted by atomic mass is 9.81. The lowest BCUT2D eigenvalue weighted by Gasteiger charge is -2.39. The zero-order valence-electron chi connectivity index (χ0n) is 18.0. The Bertz CT molecular complexity index is 899. The number of rotatable bonds is 6. The van der Waals surface area contributed by atoms with Crippen molar-refractivity contribution >= 4 is 11.9 Å². The maximum absolute atomic E-state index is 12.9. The number of ether oxygens (including phenoxy) is 1. The van der Waals surface area contributed by atoms with Crippen LogP contribution in [0.2, 0.25) is 0 Å². The van der Waals surface area contributed by atoms with Crippen molar-refractivity contribution < 1.29 is 14.3 Å². The highest BCUT2D eigenvalue weighted by Gasteiger charge is 2.39. The van der Waals surface area contributed by atoms with Gasteiger partial charge in [-0.3, -0.25) is 4.79 Å². The molecule has 0 bridgehead atoms. The topological polar surface area (TPSA) is 70.7 Å². The Morgan fingerprint density at radius 2 is 1.90 bits per heavy atom. The van der Waals surface area contributed by atoms with Gasteiger partial charge in [-0.2, -0.15) is 0 Å². The molecule has 1 heterocycles.